The van der Waals surface area contributed by atoms with E-state index in [2.05, 4.69) is 6.58 Å². The topological polar surface area (TPSA) is 22.0 Å². The summed E-state index contributed by atoms with van der Waals surface area (Å²) in [5.41, 5.74) is 0.617. The van der Waals surface area contributed by atoms with Crippen molar-refractivity contribution in [3.05, 3.63) is 36.2 Å². The number of halogens is 3. The highest BCUT2D eigenvalue weighted by Crippen LogP contribution is 2.21. The summed E-state index contributed by atoms with van der Waals surface area (Å²) in [5, 5.41) is 0. The fraction of sp³-hybridized carbons (Fsp3) is 0.364. The maximum atomic E-state index is 12.1. The van der Waals surface area contributed by atoms with Gasteiger partial charge in [-0.2, -0.15) is 13.2 Å². The van der Waals surface area contributed by atoms with Crippen molar-refractivity contribution in [2.75, 3.05) is 0 Å². The monoisotopic (exact) mass is 231 g/mol. The lowest BCUT2D eigenvalue weighted by atomic mass is 10.2. The van der Waals surface area contributed by atoms with E-state index in [-0.39, 0.29) is 5.56 Å². The highest BCUT2D eigenvalue weighted by Gasteiger charge is 2.39. The second-order valence-corrected chi connectivity index (χ2v) is 3.67. The number of hydrogen-bond acceptors (Lipinski definition) is 1. The van der Waals surface area contributed by atoms with Crippen molar-refractivity contribution in [2.45, 2.75) is 26.1 Å². The van der Waals surface area contributed by atoms with Crippen LogP contribution in [0, 0.1) is 0 Å². The third kappa shape index (κ3) is 3.25. The molecule has 0 aliphatic rings. The molecule has 0 radical (unpaired) electrons. The zero-order chi connectivity index (χ0) is 12.3. The Labute approximate surface area is 91.4 Å². The highest BCUT2D eigenvalue weighted by molar-refractivity contribution is 6.00. The predicted octanol–water partition coefficient (Wildman–Crippen LogP) is 3.20. The molecule has 0 saturated carbocycles. The Morgan fingerprint density at radius 1 is 1.50 bits per heavy atom. The number of alkyl halides is 3. The summed E-state index contributed by atoms with van der Waals surface area (Å²) in [6.45, 7) is 6.06. The van der Waals surface area contributed by atoms with Gasteiger partial charge in [-0.05, 0) is 19.4 Å². The van der Waals surface area contributed by atoms with Gasteiger partial charge in [0.25, 0.3) is 5.78 Å². The lowest BCUT2D eigenvalue weighted by molar-refractivity contribution is -0.0885. The SMILES string of the molecule is C=C(C)CCn1ccc(C(=O)C(F)(F)F)c1. The van der Waals surface area contributed by atoms with Crippen LogP contribution < -0.4 is 0 Å². The number of Topliss-reactive ketones (excluding diaryl/α,β-unsaturated/α-hetero) is 1. The summed E-state index contributed by atoms with van der Waals surface area (Å²) in [7, 11) is 0. The summed E-state index contributed by atoms with van der Waals surface area (Å²) in [6.07, 6.45) is -1.46. The van der Waals surface area contributed by atoms with Gasteiger partial charge in [0.05, 0.1) is 0 Å². The number of nitrogens with zero attached hydrogens (tertiary/aromatic N) is 1. The zero-order valence-electron chi connectivity index (χ0n) is 8.84. The van der Waals surface area contributed by atoms with Crippen molar-refractivity contribution in [1.82, 2.24) is 4.57 Å². The molecule has 0 fully saturated rings. The van der Waals surface area contributed by atoms with Gasteiger partial charge < -0.3 is 4.57 Å². The van der Waals surface area contributed by atoms with E-state index >= 15 is 0 Å². The van der Waals surface area contributed by atoms with Gasteiger partial charge in [-0.25, -0.2) is 0 Å². The number of aryl methyl sites for hydroxylation is 1. The smallest absolute Gasteiger partial charge is 0.353 e. The Morgan fingerprint density at radius 2 is 2.12 bits per heavy atom. The van der Waals surface area contributed by atoms with Crippen LogP contribution in [0.4, 0.5) is 13.2 Å². The molecule has 88 valence electrons. The lowest BCUT2D eigenvalue weighted by Crippen LogP contribution is -2.22. The molecule has 0 aromatic carbocycles. The largest absolute Gasteiger partial charge is 0.454 e. The molecule has 0 unspecified atom stereocenters. The van der Waals surface area contributed by atoms with Gasteiger partial charge in [0, 0.05) is 24.5 Å². The summed E-state index contributed by atoms with van der Waals surface area (Å²) in [4.78, 5) is 10.9. The first-order valence-electron chi connectivity index (χ1n) is 4.72. The van der Waals surface area contributed by atoms with Crippen LogP contribution in [0.25, 0.3) is 0 Å². The molecule has 1 rings (SSSR count). The van der Waals surface area contributed by atoms with Gasteiger partial charge in [0.1, 0.15) is 0 Å². The van der Waals surface area contributed by atoms with Crippen LogP contribution in [0.2, 0.25) is 0 Å². The predicted molar refractivity (Wildman–Crippen MR) is 54.2 cm³/mol. The van der Waals surface area contributed by atoms with E-state index in [1.165, 1.54) is 18.5 Å². The number of allylic oxidation sites excluding steroid dienone is 1. The van der Waals surface area contributed by atoms with Crippen molar-refractivity contribution in [3.8, 4) is 0 Å². The Morgan fingerprint density at radius 3 is 2.62 bits per heavy atom. The number of carbonyl (C=O) groups is 1. The van der Waals surface area contributed by atoms with Crippen LogP contribution in [0.15, 0.2) is 30.6 Å². The van der Waals surface area contributed by atoms with Crippen molar-refractivity contribution in [1.29, 1.82) is 0 Å². The number of aromatic nitrogens is 1. The number of hydrogen-bond donors (Lipinski definition) is 0. The van der Waals surface area contributed by atoms with Crippen molar-refractivity contribution < 1.29 is 18.0 Å². The standard InChI is InChI=1S/C11H12F3NO/c1-8(2)3-5-15-6-4-9(7-15)10(16)11(12,13)14/h4,6-7H,1,3,5H2,2H3. The Bertz CT molecular complexity index is 404. The van der Waals surface area contributed by atoms with E-state index in [1.54, 1.807) is 4.57 Å². The quantitative estimate of drug-likeness (QED) is 0.576. The van der Waals surface area contributed by atoms with E-state index in [4.69, 9.17) is 0 Å². The molecule has 0 atom stereocenters. The first-order chi connectivity index (χ1) is 7.30. The molecule has 1 aromatic heterocycles. The molecular formula is C11H12F3NO. The van der Waals surface area contributed by atoms with E-state index < -0.39 is 12.0 Å². The van der Waals surface area contributed by atoms with Crippen molar-refractivity contribution in [3.63, 3.8) is 0 Å². The minimum absolute atomic E-state index is 0.325. The first-order valence-corrected chi connectivity index (χ1v) is 4.72. The van der Waals surface area contributed by atoms with Crippen molar-refractivity contribution in [2.24, 2.45) is 0 Å². The fourth-order valence-corrected chi connectivity index (χ4v) is 1.20. The van der Waals surface area contributed by atoms with Gasteiger partial charge >= 0.3 is 6.18 Å². The van der Waals surface area contributed by atoms with Gasteiger partial charge in [-0.1, -0.05) is 5.57 Å². The average Bonchev–Trinajstić information content (AvgIpc) is 2.60. The molecule has 1 aromatic rings. The maximum absolute atomic E-state index is 12.1. The van der Waals surface area contributed by atoms with Crippen LogP contribution in [0.5, 0.6) is 0 Å². The summed E-state index contributed by atoms with van der Waals surface area (Å²) >= 11 is 0. The first kappa shape index (κ1) is 12.5. The second kappa shape index (κ2) is 4.55. The van der Waals surface area contributed by atoms with Crippen LogP contribution in [-0.2, 0) is 6.54 Å². The van der Waals surface area contributed by atoms with Gasteiger partial charge in [0.15, 0.2) is 0 Å². The molecule has 5 heteroatoms. The Kier molecular flexibility index (Phi) is 3.57. The van der Waals surface area contributed by atoms with Crippen LogP contribution in [-0.4, -0.2) is 16.5 Å². The molecule has 0 amide bonds. The molecular weight excluding hydrogens is 219 g/mol. The molecule has 2 nitrogen and oxygen atoms in total. The molecule has 16 heavy (non-hydrogen) atoms. The van der Waals surface area contributed by atoms with E-state index in [1.807, 2.05) is 6.92 Å². The normalized spacial score (nSPS) is 11.5. The molecule has 0 spiro atoms. The molecule has 0 aliphatic carbocycles. The highest BCUT2D eigenvalue weighted by atomic mass is 19.4. The van der Waals surface area contributed by atoms with Gasteiger partial charge in [-0.3, -0.25) is 4.79 Å². The third-order valence-corrected chi connectivity index (χ3v) is 2.07. The molecule has 0 saturated heterocycles. The summed E-state index contributed by atoms with van der Waals surface area (Å²) in [6, 6.07) is 1.17. The average molecular weight is 231 g/mol. The summed E-state index contributed by atoms with van der Waals surface area (Å²) < 4.78 is 37.8. The lowest BCUT2D eigenvalue weighted by Gasteiger charge is -2.03. The Balaban J connectivity index is 2.72. The Hall–Kier alpha value is -1.52. The zero-order valence-corrected chi connectivity index (χ0v) is 8.84. The minimum Gasteiger partial charge on any atom is -0.353 e. The molecule has 1 heterocycles. The van der Waals surface area contributed by atoms with Gasteiger partial charge in [0.2, 0.25) is 0 Å². The minimum atomic E-state index is -4.81. The van der Waals surface area contributed by atoms with E-state index in [0.29, 0.717) is 13.0 Å². The third-order valence-electron chi connectivity index (χ3n) is 2.07. The fourth-order valence-electron chi connectivity index (χ4n) is 1.20. The maximum Gasteiger partial charge on any atom is 0.454 e. The number of ketones is 1. The van der Waals surface area contributed by atoms with Gasteiger partial charge in [-0.15, -0.1) is 6.58 Å². The summed E-state index contributed by atoms with van der Waals surface area (Å²) in [5.74, 6) is -1.80. The van der Waals surface area contributed by atoms with E-state index in [0.717, 1.165) is 5.57 Å². The van der Waals surface area contributed by atoms with Crippen molar-refractivity contribution >= 4 is 5.78 Å². The molecule has 0 bridgehead atoms. The van der Waals surface area contributed by atoms with E-state index in [9.17, 15) is 18.0 Å². The second-order valence-electron chi connectivity index (χ2n) is 3.67. The number of rotatable bonds is 4. The molecule has 0 aliphatic heterocycles. The van der Waals surface area contributed by atoms with Crippen LogP contribution in [0.1, 0.15) is 23.7 Å². The molecule has 0 N–H and O–H groups in total. The van der Waals surface area contributed by atoms with Crippen LogP contribution >= 0.6 is 0 Å². The number of carbonyl (C=O) groups excluding carboxylic acids is 1. The van der Waals surface area contributed by atoms with Crippen LogP contribution in [0.3, 0.4) is 0 Å².